The molecule has 0 spiro atoms. The first-order valence-electron chi connectivity index (χ1n) is 5.17. The van der Waals surface area contributed by atoms with Crippen molar-refractivity contribution in [1.82, 2.24) is 4.98 Å². The van der Waals surface area contributed by atoms with Crippen LogP contribution in [0.4, 0.5) is 0 Å². The van der Waals surface area contributed by atoms with Crippen LogP contribution in [0.3, 0.4) is 0 Å². The molecule has 1 rings (SSSR count). The van der Waals surface area contributed by atoms with Crippen LogP contribution in [-0.2, 0) is 4.74 Å². The maximum Gasteiger partial charge on any atom is 0.122 e. The van der Waals surface area contributed by atoms with Gasteiger partial charge in [-0.15, -0.1) is 11.3 Å². The lowest BCUT2D eigenvalue weighted by atomic mass is 10.2. The van der Waals surface area contributed by atoms with Gasteiger partial charge in [-0.1, -0.05) is 27.2 Å². The van der Waals surface area contributed by atoms with Gasteiger partial charge < -0.3 is 4.74 Å². The smallest absolute Gasteiger partial charge is 0.122 e. The Morgan fingerprint density at radius 3 is 2.64 bits per heavy atom. The topological polar surface area (TPSA) is 22.1 Å². The van der Waals surface area contributed by atoms with Gasteiger partial charge in [-0.2, -0.15) is 0 Å². The van der Waals surface area contributed by atoms with Gasteiger partial charge in [0.2, 0.25) is 0 Å². The highest BCUT2D eigenvalue weighted by Gasteiger charge is 2.14. The van der Waals surface area contributed by atoms with Gasteiger partial charge in [-0.25, -0.2) is 4.98 Å². The molecule has 1 aromatic rings. The lowest BCUT2D eigenvalue weighted by molar-refractivity contribution is 0.0947. The van der Waals surface area contributed by atoms with Crippen molar-refractivity contribution in [3.63, 3.8) is 0 Å². The molecule has 2 nitrogen and oxygen atoms in total. The third-order valence-electron chi connectivity index (χ3n) is 2.22. The first kappa shape index (κ1) is 11.7. The van der Waals surface area contributed by atoms with Crippen molar-refractivity contribution in [3.05, 3.63) is 16.1 Å². The highest BCUT2D eigenvalue weighted by Crippen LogP contribution is 2.29. The van der Waals surface area contributed by atoms with Crippen molar-refractivity contribution in [2.75, 3.05) is 7.11 Å². The number of hydrogen-bond acceptors (Lipinski definition) is 3. The molecule has 1 aromatic heterocycles. The average Bonchev–Trinajstić information content (AvgIpc) is 2.63. The Bertz CT molecular complexity index is 270. The summed E-state index contributed by atoms with van der Waals surface area (Å²) in [4.78, 5) is 5.77. The summed E-state index contributed by atoms with van der Waals surface area (Å²) in [5.74, 6) is 0.570. The molecule has 14 heavy (non-hydrogen) atoms. The van der Waals surface area contributed by atoms with Crippen molar-refractivity contribution in [3.8, 4) is 0 Å². The lowest BCUT2D eigenvalue weighted by Crippen LogP contribution is -1.99. The molecule has 80 valence electrons. The molecule has 0 N–H and O–H groups in total. The summed E-state index contributed by atoms with van der Waals surface area (Å²) < 4.78 is 5.42. The van der Waals surface area contributed by atoms with Crippen LogP contribution in [-0.4, -0.2) is 12.1 Å². The van der Waals surface area contributed by atoms with E-state index in [1.54, 1.807) is 18.4 Å². The minimum Gasteiger partial charge on any atom is -0.374 e. The van der Waals surface area contributed by atoms with Gasteiger partial charge >= 0.3 is 0 Å². The number of nitrogens with zero attached hydrogens (tertiary/aromatic N) is 1. The number of methoxy groups -OCH3 is 1. The van der Waals surface area contributed by atoms with Crippen LogP contribution in [0, 0.1) is 0 Å². The summed E-state index contributed by atoms with van der Waals surface area (Å²) in [6.07, 6.45) is 4.36. The predicted molar refractivity (Wildman–Crippen MR) is 60.9 cm³/mol. The first-order valence-corrected chi connectivity index (χ1v) is 5.99. The van der Waals surface area contributed by atoms with Crippen LogP contribution in [0.2, 0.25) is 0 Å². The summed E-state index contributed by atoms with van der Waals surface area (Å²) in [5.41, 5.74) is 0. The highest BCUT2D eigenvalue weighted by molar-refractivity contribution is 7.11. The molecule has 1 atom stereocenters. The average molecular weight is 213 g/mol. The Balaban J connectivity index is 2.73. The number of hydrogen-bond donors (Lipinski definition) is 0. The SMILES string of the molecule is CCCC(OC)c1ncc(C(C)C)s1. The lowest BCUT2D eigenvalue weighted by Gasteiger charge is -2.10. The van der Waals surface area contributed by atoms with Crippen LogP contribution in [0.1, 0.15) is 55.5 Å². The van der Waals surface area contributed by atoms with E-state index in [-0.39, 0.29) is 6.10 Å². The standard InChI is InChI=1S/C11H19NOS/c1-5-6-9(13-4)11-12-7-10(14-11)8(2)3/h7-9H,5-6H2,1-4H3. The van der Waals surface area contributed by atoms with Crippen LogP contribution in [0.5, 0.6) is 0 Å². The largest absolute Gasteiger partial charge is 0.374 e. The zero-order valence-electron chi connectivity index (χ0n) is 9.41. The molecular formula is C11H19NOS. The minimum absolute atomic E-state index is 0.192. The fraction of sp³-hybridized carbons (Fsp3) is 0.727. The van der Waals surface area contributed by atoms with Gasteiger partial charge in [0.15, 0.2) is 0 Å². The molecule has 1 unspecified atom stereocenters. The molecule has 0 radical (unpaired) electrons. The van der Waals surface area contributed by atoms with Gasteiger partial charge in [0.1, 0.15) is 11.1 Å². The highest BCUT2D eigenvalue weighted by atomic mass is 32.1. The molecule has 3 heteroatoms. The molecule has 0 bridgehead atoms. The fourth-order valence-corrected chi connectivity index (χ4v) is 2.35. The summed E-state index contributed by atoms with van der Waals surface area (Å²) in [7, 11) is 1.76. The van der Waals surface area contributed by atoms with E-state index in [1.165, 1.54) is 4.88 Å². The Hall–Kier alpha value is -0.410. The zero-order valence-corrected chi connectivity index (χ0v) is 10.2. The van der Waals surface area contributed by atoms with E-state index < -0.39 is 0 Å². The second kappa shape index (κ2) is 5.47. The van der Waals surface area contributed by atoms with E-state index in [0.717, 1.165) is 17.8 Å². The van der Waals surface area contributed by atoms with Crippen LogP contribution in [0.15, 0.2) is 6.20 Å². The summed E-state index contributed by atoms with van der Waals surface area (Å²) in [5, 5.41) is 1.12. The van der Waals surface area contributed by atoms with Crippen molar-refractivity contribution < 1.29 is 4.74 Å². The third-order valence-corrected chi connectivity index (χ3v) is 3.61. The molecule has 0 aliphatic carbocycles. The first-order chi connectivity index (χ1) is 6.69. The van der Waals surface area contributed by atoms with E-state index in [4.69, 9.17) is 4.74 Å². The van der Waals surface area contributed by atoms with Gasteiger partial charge in [0, 0.05) is 18.2 Å². The summed E-state index contributed by atoms with van der Waals surface area (Å²) >= 11 is 1.78. The Labute approximate surface area is 90.3 Å². The minimum atomic E-state index is 0.192. The molecule has 0 fully saturated rings. The number of ether oxygens (including phenoxy) is 1. The van der Waals surface area contributed by atoms with Crippen molar-refractivity contribution >= 4 is 11.3 Å². The molecule has 0 saturated heterocycles. The quantitative estimate of drug-likeness (QED) is 0.743. The summed E-state index contributed by atoms with van der Waals surface area (Å²) in [6.45, 7) is 6.56. The molecular weight excluding hydrogens is 194 g/mol. The van der Waals surface area contributed by atoms with Gasteiger partial charge in [-0.3, -0.25) is 0 Å². The van der Waals surface area contributed by atoms with Crippen LogP contribution >= 0.6 is 11.3 Å². The van der Waals surface area contributed by atoms with Gasteiger partial charge in [0.25, 0.3) is 0 Å². The number of aromatic nitrogens is 1. The van der Waals surface area contributed by atoms with Crippen molar-refractivity contribution in [2.45, 2.75) is 45.6 Å². The fourth-order valence-electron chi connectivity index (χ4n) is 1.32. The van der Waals surface area contributed by atoms with Gasteiger partial charge in [0.05, 0.1) is 0 Å². The summed E-state index contributed by atoms with van der Waals surface area (Å²) in [6, 6.07) is 0. The second-order valence-electron chi connectivity index (χ2n) is 3.77. The monoisotopic (exact) mass is 213 g/mol. The number of rotatable bonds is 5. The van der Waals surface area contributed by atoms with Crippen molar-refractivity contribution in [2.24, 2.45) is 0 Å². The Kier molecular flexibility index (Phi) is 4.55. The normalized spacial score (nSPS) is 13.5. The second-order valence-corrected chi connectivity index (χ2v) is 4.86. The molecule has 0 aromatic carbocycles. The maximum absolute atomic E-state index is 5.42. The molecule has 0 saturated carbocycles. The van der Waals surface area contributed by atoms with E-state index in [1.807, 2.05) is 6.20 Å². The molecule has 0 amide bonds. The molecule has 0 aliphatic rings. The third kappa shape index (κ3) is 2.79. The van der Waals surface area contributed by atoms with E-state index in [2.05, 4.69) is 25.8 Å². The van der Waals surface area contributed by atoms with Crippen LogP contribution in [0.25, 0.3) is 0 Å². The van der Waals surface area contributed by atoms with E-state index in [0.29, 0.717) is 5.92 Å². The molecule has 1 heterocycles. The molecule has 0 aliphatic heterocycles. The Morgan fingerprint density at radius 1 is 1.50 bits per heavy atom. The van der Waals surface area contributed by atoms with Crippen molar-refractivity contribution in [1.29, 1.82) is 0 Å². The van der Waals surface area contributed by atoms with Crippen LogP contribution < -0.4 is 0 Å². The zero-order chi connectivity index (χ0) is 10.6. The van der Waals surface area contributed by atoms with E-state index in [9.17, 15) is 0 Å². The Morgan fingerprint density at radius 2 is 2.21 bits per heavy atom. The maximum atomic E-state index is 5.42. The van der Waals surface area contributed by atoms with Gasteiger partial charge in [-0.05, 0) is 12.3 Å². The van der Waals surface area contributed by atoms with E-state index >= 15 is 0 Å². The number of thiazole rings is 1. The predicted octanol–water partition coefficient (Wildman–Crippen LogP) is 3.75.